The Kier molecular flexibility index (Phi) is 6.87. The Morgan fingerprint density at radius 3 is 2.47 bits per heavy atom. The maximum absolute atomic E-state index is 12.6. The lowest BCUT2D eigenvalue weighted by atomic mass is 10.2. The standard InChI is InChI=1S/C22H21ClN4O4S/c23-16-5-3-15(4-6-16)20(29)25-22-24-17(14-32-22)7-8-19(28)26-9-11-27(12-10-26)21(30)18-2-1-13-31-18/h1-6,13-14H,7-12H2,(H,24,25,29). The summed E-state index contributed by atoms with van der Waals surface area (Å²) in [7, 11) is 0. The molecule has 0 saturated carbocycles. The van der Waals surface area contributed by atoms with E-state index < -0.39 is 0 Å². The number of carbonyl (C=O) groups is 3. The number of halogens is 1. The highest BCUT2D eigenvalue weighted by molar-refractivity contribution is 7.14. The van der Waals surface area contributed by atoms with Crippen molar-refractivity contribution in [1.82, 2.24) is 14.8 Å². The fraction of sp³-hybridized carbons (Fsp3) is 0.273. The Hall–Kier alpha value is -3.17. The number of piperazine rings is 1. The minimum atomic E-state index is -0.263. The van der Waals surface area contributed by atoms with Crippen molar-refractivity contribution in [1.29, 1.82) is 0 Å². The second kappa shape index (κ2) is 9.97. The molecule has 0 spiro atoms. The van der Waals surface area contributed by atoms with Crippen LogP contribution in [0.25, 0.3) is 0 Å². The van der Waals surface area contributed by atoms with E-state index in [9.17, 15) is 14.4 Å². The van der Waals surface area contributed by atoms with Crippen LogP contribution in [0.1, 0.15) is 33.0 Å². The average molecular weight is 473 g/mol. The van der Waals surface area contributed by atoms with Crippen molar-refractivity contribution in [2.24, 2.45) is 0 Å². The van der Waals surface area contributed by atoms with Crippen LogP contribution >= 0.6 is 22.9 Å². The molecule has 10 heteroatoms. The van der Waals surface area contributed by atoms with Crippen molar-refractivity contribution >= 4 is 45.8 Å². The molecule has 2 aromatic heterocycles. The van der Waals surface area contributed by atoms with Gasteiger partial charge in [-0.15, -0.1) is 11.3 Å². The topological polar surface area (TPSA) is 95.8 Å². The number of aryl methyl sites for hydroxylation is 1. The number of aromatic nitrogens is 1. The summed E-state index contributed by atoms with van der Waals surface area (Å²) in [5, 5.41) is 5.65. The van der Waals surface area contributed by atoms with E-state index >= 15 is 0 Å². The third-order valence-corrected chi connectivity index (χ3v) is 6.18. The number of carbonyl (C=O) groups excluding carboxylic acids is 3. The molecule has 0 unspecified atom stereocenters. The van der Waals surface area contributed by atoms with Crippen LogP contribution in [0.2, 0.25) is 5.02 Å². The van der Waals surface area contributed by atoms with Crippen molar-refractivity contribution in [3.63, 3.8) is 0 Å². The molecule has 0 atom stereocenters. The summed E-state index contributed by atoms with van der Waals surface area (Å²) in [6, 6.07) is 9.92. The van der Waals surface area contributed by atoms with E-state index in [0.29, 0.717) is 60.5 Å². The van der Waals surface area contributed by atoms with Crippen LogP contribution < -0.4 is 5.32 Å². The average Bonchev–Trinajstić information content (AvgIpc) is 3.50. The summed E-state index contributed by atoms with van der Waals surface area (Å²) in [6.07, 6.45) is 2.28. The van der Waals surface area contributed by atoms with Crippen molar-refractivity contribution in [2.75, 3.05) is 31.5 Å². The predicted molar refractivity (Wildman–Crippen MR) is 121 cm³/mol. The zero-order chi connectivity index (χ0) is 22.5. The first-order chi connectivity index (χ1) is 15.5. The summed E-state index contributed by atoms with van der Waals surface area (Å²) in [5.41, 5.74) is 1.24. The molecule has 1 aliphatic rings. The smallest absolute Gasteiger partial charge is 0.289 e. The zero-order valence-corrected chi connectivity index (χ0v) is 18.7. The Morgan fingerprint density at radius 1 is 1.06 bits per heavy atom. The normalized spacial score (nSPS) is 13.8. The lowest BCUT2D eigenvalue weighted by molar-refractivity contribution is -0.132. The van der Waals surface area contributed by atoms with E-state index in [1.54, 1.807) is 46.2 Å². The molecule has 1 N–H and O–H groups in total. The molecule has 0 bridgehead atoms. The van der Waals surface area contributed by atoms with Crippen LogP contribution in [-0.2, 0) is 11.2 Å². The second-order valence-electron chi connectivity index (χ2n) is 7.26. The molecule has 8 nitrogen and oxygen atoms in total. The van der Waals surface area contributed by atoms with Gasteiger partial charge in [-0.1, -0.05) is 11.6 Å². The van der Waals surface area contributed by atoms with Gasteiger partial charge in [0, 0.05) is 48.6 Å². The lowest BCUT2D eigenvalue weighted by Gasteiger charge is -2.34. The molecule has 1 aromatic carbocycles. The summed E-state index contributed by atoms with van der Waals surface area (Å²) in [5.74, 6) is -0.0829. The molecule has 1 fully saturated rings. The summed E-state index contributed by atoms with van der Waals surface area (Å²) < 4.78 is 5.16. The summed E-state index contributed by atoms with van der Waals surface area (Å²) in [4.78, 5) is 45.0. The van der Waals surface area contributed by atoms with Crippen molar-refractivity contribution in [3.8, 4) is 0 Å². The Morgan fingerprint density at radius 2 is 1.78 bits per heavy atom. The molecular formula is C22H21ClN4O4S. The molecule has 3 aromatic rings. The minimum Gasteiger partial charge on any atom is -0.459 e. The largest absolute Gasteiger partial charge is 0.459 e. The van der Waals surface area contributed by atoms with Gasteiger partial charge in [0.1, 0.15) is 0 Å². The SMILES string of the molecule is O=C(Nc1nc(CCC(=O)N2CCN(C(=O)c3ccco3)CC2)cs1)c1ccc(Cl)cc1. The number of thiazole rings is 1. The number of benzene rings is 1. The zero-order valence-electron chi connectivity index (χ0n) is 17.1. The molecule has 0 aliphatic carbocycles. The highest BCUT2D eigenvalue weighted by atomic mass is 35.5. The van der Waals surface area contributed by atoms with Crippen LogP contribution in [0.4, 0.5) is 5.13 Å². The first-order valence-corrected chi connectivity index (χ1v) is 11.4. The predicted octanol–water partition coefficient (Wildman–Crippen LogP) is 3.56. The van der Waals surface area contributed by atoms with Gasteiger partial charge < -0.3 is 14.2 Å². The van der Waals surface area contributed by atoms with E-state index in [2.05, 4.69) is 10.3 Å². The quantitative estimate of drug-likeness (QED) is 0.591. The second-order valence-corrected chi connectivity index (χ2v) is 8.55. The first kappa shape index (κ1) is 22.0. The van der Waals surface area contributed by atoms with Gasteiger partial charge in [-0.2, -0.15) is 0 Å². The van der Waals surface area contributed by atoms with E-state index in [-0.39, 0.29) is 17.7 Å². The Bertz CT molecular complexity index is 1090. The number of hydrogen-bond acceptors (Lipinski definition) is 6. The molecular weight excluding hydrogens is 452 g/mol. The van der Waals surface area contributed by atoms with Gasteiger partial charge >= 0.3 is 0 Å². The molecule has 166 valence electrons. The molecule has 32 heavy (non-hydrogen) atoms. The summed E-state index contributed by atoms with van der Waals surface area (Å²) >= 11 is 7.16. The number of furan rings is 1. The van der Waals surface area contributed by atoms with Gasteiger partial charge in [0.15, 0.2) is 10.9 Å². The van der Waals surface area contributed by atoms with E-state index in [1.807, 2.05) is 5.38 Å². The Labute approximate surface area is 193 Å². The van der Waals surface area contributed by atoms with Gasteiger partial charge in [0.2, 0.25) is 5.91 Å². The number of hydrogen-bond donors (Lipinski definition) is 1. The van der Waals surface area contributed by atoms with Crippen LogP contribution in [0.3, 0.4) is 0 Å². The number of nitrogens with zero attached hydrogens (tertiary/aromatic N) is 3. The molecule has 3 heterocycles. The number of nitrogens with one attached hydrogen (secondary N) is 1. The summed E-state index contributed by atoms with van der Waals surface area (Å²) in [6.45, 7) is 1.93. The maximum Gasteiger partial charge on any atom is 0.289 e. The van der Waals surface area contributed by atoms with Crippen molar-refractivity contribution in [3.05, 3.63) is 70.1 Å². The molecule has 4 rings (SSSR count). The number of anilines is 1. The lowest BCUT2D eigenvalue weighted by Crippen LogP contribution is -2.50. The number of amides is 3. The minimum absolute atomic E-state index is 0.0230. The van der Waals surface area contributed by atoms with Crippen LogP contribution in [-0.4, -0.2) is 58.7 Å². The van der Waals surface area contributed by atoms with Gasteiger partial charge in [-0.3, -0.25) is 19.7 Å². The van der Waals surface area contributed by atoms with Crippen LogP contribution in [0, 0.1) is 0 Å². The van der Waals surface area contributed by atoms with Gasteiger partial charge in [-0.05, 0) is 42.8 Å². The fourth-order valence-corrected chi connectivity index (χ4v) is 4.22. The highest BCUT2D eigenvalue weighted by Crippen LogP contribution is 2.19. The van der Waals surface area contributed by atoms with E-state index in [0.717, 1.165) is 5.69 Å². The molecule has 3 amide bonds. The number of rotatable bonds is 6. The third kappa shape index (κ3) is 5.35. The maximum atomic E-state index is 12.6. The third-order valence-electron chi connectivity index (χ3n) is 5.13. The van der Waals surface area contributed by atoms with Gasteiger partial charge in [0.05, 0.1) is 12.0 Å². The molecule has 1 aliphatic heterocycles. The monoisotopic (exact) mass is 472 g/mol. The van der Waals surface area contributed by atoms with Crippen LogP contribution in [0.5, 0.6) is 0 Å². The van der Waals surface area contributed by atoms with Gasteiger partial charge in [-0.25, -0.2) is 4.98 Å². The van der Waals surface area contributed by atoms with Crippen molar-refractivity contribution in [2.45, 2.75) is 12.8 Å². The van der Waals surface area contributed by atoms with E-state index in [4.69, 9.17) is 16.0 Å². The van der Waals surface area contributed by atoms with Crippen molar-refractivity contribution < 1.29 is 18.8 Å². The highest BCUT2D eigenvalue weighted by Gasteiger charge is 2.26. The first-order valence-electron chi connectivity index (χ1n) is 10.1. The van der Waals surface area contributed by atoms with E-state index in [1.165, 1.54) is 17.6 Å². The van der Waals surface area contributed by atoms with Crippen LogP contribution in [0.15, 0.2) is 52.5 Å². The molecule has 0 radical (unpaired) electrons. The Balaban J connectivity index is 1.23. The van der Waals surface area contributed by atoms with Gasteiger partial charge in [0.25, 0.3) is 11.8 Å². The molecule has 1 saturated heterocycles. The fourth-order valence-electron chi connectivity index (χ4n) is 3.36.